The van der Waals surface area contributed by atoms with Crippen LogP contribution in [0.15, 0.2) is 42.5 Å². The Balaban J connectivity index is 1.92. The Morgan fingerprint density at radius 2 is 1.65 bits per heavy atom. The molecule has 37 heavy (non-hydrogen) atoms. The Hall–Kier alpha value is -2.28. The van der Waals surface area contributed by atoms with Gasteiger partial charge in [0, 0.05) is 27.0 Å². The van der Waals surface area contributed by atoms with E-state index < -0.39 is 40.9 Å². The molecule has 198 valence electrons. The van der Waals surface area contributed by atoms with Crippen molar-refractivity contribution in [1.29, 1.82) is 0 Å². The quantitative estimate of drug-likeness (QED) is 0.289. The molecule has 1 aliphatic heterocycles. The number of hydrogen-bond donors (Lipinski definition) is 0. The maximum absolute atomic E-state index is 14.0. The lowest BCUT2D eigenvalue weighted by molar-refractivity contribution is -0.164. The topological polar surface area (TPSA) is 72.9 Å². The van der Waals surface area contributed by atoms with Crippen LogP contribution in [0.4, 0.5) is 4.79 Å². The molecule has 0 unspecified atom stereocenters. The van der Waals surface area contributed by atoms with E-state index in [1.165, 1.54) is 7.11 Å². The van der Waals surface area contributed by atoms with Crippen LogP contribution in [0, 0.1) is 11.3 Å². The summed E-state index contributed by atoms with van der Waals surface area (Å²) >= 11 is 19.1. The normalized spacial score (nSPS) is 27.6. The number of imide groups is 1. The number of fused-ring (bicyclic) bond motifs is 1. The van der Waals surface area contributed by atoms with Crippen molar-refractivity contribution < 1.29 is 23.9 Å². The van der Waals surface area contributed by atoms with E-state index >= 15 is 0 Å². The van der Waals surface area contributed by atoms with Crippen molar-refractivity contribution >= 4 is 52.8 Å². The van der Waals surface area contributed by atoms with Crippen LogP contribution in [0.3, 0.4) is 0 Å². The number of halogens is 3. The van der Waals surface area contributed by atoms with Crippen LogP contribution in [0.1, 0.15) is 63.5 Å². The number of hydrogen-bond acceptors (Lipinski definition) is 5. The van der Waals surface area contributed by atoms with Crippen molar-refractivity contribution in [2.45, 2.75) is 64.0 Å². The number of carbonyl (C=O) groups excluding carboxylic acids is 3. The molecule has 1 saturated heterocycles. The zero-order valence-corrected chi connectivity index (χ0v) is 23.7. The average Bonchev–Trinajstić information content (AvgIpc) is 3.05. The molecular formula is C28H30Cl3NO5. The van der Waals surface area contributed by atoms with Gasteiger partial charge in [0.15, 0.2) is 5.41 Å². The molecule has 0 radical (unpaired) electrons. The van der Waals surface area contributed by atoms with Crippen molar-refractivity contribution in [3.63, 3.8) is 0 Å². The first-order valence-electron chi connectivity index (χ1n) is 12.2. The first-order valence-corrected chi connectivity index (χ1v) is 13.3. The highest BCUT2D eigenvalue weighted by Crippen LogP contribution is 2.62. The van der Waals surface area contributed by atoms with Crippen LogP contribution >= 0.6 is 34.8 Å². The molecule has 1 heterocycles. The highest BCUT2D eigenvalue weighted by atomic mass is 35.5. The molecule has 1 saturated carbocycles. The largest absolute Gasteiger partial charge is 0.468 e. The second-order valence-corrected chi connectivity index (χ2v) is 12.1. The number of rotatable bonds is 3. The third-order valence-corrected chi connectivity index (χ3v) is 8.34. The van der Waals surface area contributed by atoms with Gasteiger partial charge in [0.25, 0.3) is 0 Å². The number of esters is 1. The van der Waals surface area contributed by atoms with Gasteiger partial charge in [0.2, 0.25) is 5.91 Å². The van der Waals surface area contributed by atoms with Crippen molar-refractivity contribution in [3.05, 3.63) is 68.7 Å². The second-order valence-electron chi connectivity index (χ2n) is 10.8. The highest BCUT2D eigenvalue weighted by Gasteiger charge is 2.69. The summed E-state index contributed by atoms with van der Waals surface area (Å²) in [5, 5.41) is 1.57. The van der Waals surface area contributed by atoms with E-state index in [0.29, 0.717) is 21.5 Å². The van der Waals surface area contributed by atoms with Crippen LogP contribution in [-0.4, -0.2) is 41.6 Å². The molecular weight excluding hydrogens is 537 g/mol. The molecule has 2 aromatic carbocycles. The molecule has 9 heteroatoms. The van der Waals surface area contributed by atoms with E-state index in [-0.39, 0.29) is 18.3 Å². The van der Waals surface area contributed by atoms with E-state index in [1.807, 2.05) is 18.2 Å². The third kappa shape index (κ3) is 4.84. The Morgan fingerprint density at radius 3 is 2.22 bits per heavy atom. The summed E-state index contributed by atoms with van der Waals surface area (Å²) in [6.45, 7) is 6.98. The standard InChI is InChI=1S/C28H30Cl3NO5/c1-15-23-22(16-6-8-17(29)9-7-16)20(19-11-10-18(30)14-21(19)31)12-13-28(23,25(34)36-5)24(33)32(15)26(35)37-27(2,3)4/h6-11,14-15,20,22-23H,12-13H2,1-5H3/t15-,20-,22-,23-,28-/m0/s1. The molecule has 1 aliphatic carbocycles. The van der Waals surface area contributed by atoms with Gasteiger partial charge in [-0.15, -0.1) is 0 Å². The summed E-state index contributed by atoms with van der Waals surface area (Å²) in [4.78, 5) is 41.9. The molecule has 4 rings (SSSR count). The average molecular weight is 567 g/mol. The zero-order chi connectivity index (χ0) is 27.3. The maximum Gasteiger partial charge on any atom is 0.417 e. The van der Waals surface area contributed by atoms with E-state index in [1.54, 1.807) is 52.0 Å². The Bertz CT molecular complexity index is 1230. The fourth-order valence-electron chi connectivity index (χ4n) is 6.15. The van der Waals surface area contributed by atoms with E-state index in [0.717, 1.165) is 16.0 Å². The number of nitrogens with zero attached hydrogens (tertiary/aromatic N) is 1. The van der Waals surface area contributed by atoms with Crippen LogP contribution in [0.5, 0.6) is 0 Å². The number of amides is 2. The van der Waals surface area contributed by atoms with Gasteiger partial charge in [0.1, 0.15) is 5.60 Å². The minimum atomic E-state index is -1.55. The molecule has 5 atom stereocenters. The molecule has 6 nitrogen and oxygen atoms in total. The van der Waals surface area contributed by atoms with Gasteiger partial charge in [-0.25, -0.2) is 9.69 Å². The molecule has 0 bridgehead atoms. The molecule has 0 N–H and O–H groups in total. The number of ether oxygens (including phenoxy) is 2. The lowest BCUT2D eigenvalue weighted by Crippen LogP contribution is -2.50. The van der Waals surface area contributed by atoms with Gasteiger partial charge in [-0.2, -0.15) is 0 Å². The first-order chi connectivity index (χ1) is 17.3. The van der Waals surface area contributed by atoms with Crippen LogP contribution in [0.25, 0.3) is 0 Å². The monoisotopic (exact) mass is 565 g/mol. The lowest BCUT2D eigenvalue weighted by Gasteiger charge is -2.46. The van der Waals surface area contributed by atoms with Crippen molar-refractivity contribution in [3.8, 4) is 0 Å². The summed E-state index contributed by atoms with van der Waals surface area (Å²) in [7, 11) is 1.27. The van der Waals surface area contributed by atoms with Crippen LogP contribution in [0.2, 0.25) is 15.1 Å². The SMILES string of the molecule is COC(=O)[C@@]12CC[C@@H](c3ccc(Cl)cc3Cl)[C@H](c3ccc(Cl)cc3)[C@@H]1[C@H](C)N(C(=O)OC(C)(C)C)C2=O. The second kappa shape index (κ2) is 10.1. The Kier molecular flexibility index (Phi) is 7.59. The van der Waals surface area contributed by atoms with Gasteiger partial charge < -0.3 is 9.47 Å². The van der Waals surface area contributed by atoms with Crippen LogP contribution in [-0.2, 0) is 19.1 Å². The minimum absolute atomic E-state index is 0.164. The predicted molar refractivity (Wildman–Crippen MR) is 143 cm³/mol. The number of likely N-dealkylation sites (tertiary alicyclic amines) is 1. The third-order valence-electron chi connectivity index (χ3n) is 7.52. The van der Waals surface area contributed by atoms with Gasteiger partial charge >= 0.3 is 12.1 Å². The van der Waals surface area contributed by atoms with Crippen molar-refractivity contribution in [1.82, 2.24) is 4.90 Å². The summed E-state index contributed by atoms with van der Waals surface area (Å²) in [6, 6.07) is 12.0. The smallest absolute Gasteiger partial charge is 0.417 e. The molecule has 0 spiro atoms. The van der Waals surface area contributed by atoms with Crippen LogP contribution < -0.4 is 0 Å². The van der Waals surface area contributed by atoms with Gasteiger partial charge in [0.05, 0.1) is 7.11 Å². The maximum atomic E-state index is 14.0. The number of methoxy groups -OCH3 is 1. The summed E-state index contributed by atoms with van der Waals surface area (Å²) in [5.41, 5.74) is -0.632. The van der Waals surface area contributed by atoms with Crippen molar-refractivity contribution in [2.75, 3.05) is 7.11 Å². The first kappa shape index (κ1) is 27.7. The molecule has 2 aliphatic rings. The Morgan fingerprint density at radius 1 is 1.03 bits per heavy atom. The summed E-state index contributed by atoms with van der Waals surface area (Å²) in [5.74, 6) is -2.38. The molecule has 0 aromatic heterocycles. The van der Waals surface area contributed by atoms with E-state index in [2.05, 4.69) is 0 Å². The number of carbonyl (C=O) groups is 3. The predicted octanol–water partition coefficient (Wildman–Crippen LogP) is 7.25. The van der Waals surface area contributed by atoms with Gasteiger partial charge in [-0.3, -0.25) is 9.59 Å². The zero-order valence-electron chi connectivity index (χ0n) is 21.4. The summed E-state index contributed by atoms with van der Waals surface area (Å²) < 4.78 is 10.8. The molecule has 2 aromatic rings. The summed E-state index contributed by atoms with van der Waals surface area (Å²) in [6.07, 6.45) is -0.125. The molecule has 2 amide bonds. The fourth-order valence-corrected chi connectivity index (χ4v) is 6.83. The van der Waals surface area contributed by atoms with Gasteiger partial charge in [-0.05, 0) is 87.8 Å². The van der Waals surface area contributed by atoms with Gasteiger partial charge in [-0.1, -0.05) is 53.0 Å². The fraction of sp³-hybridized carbons (Fsp3) is 0.464. The molecule has 2 fully saturated rings. The van der Waals surface area contributed by atoms with E-state index in [9.17, 15) is 14.4 Å². The van der Waals surface area contributed by atoms with Crippen molar-refractivity contribution in [2.24, 2.45) is 11.3 Å². The van der Waals surface area contributed by atoms with E-state index in [4.69, 9.17) is 44.3 Å². The lowest BCUT2D eigenvalue weighted by atomic mass is 9.55. The Labute approximate surface area is 232 Å². The number of benzene rings is 2. The minimum Gasteiger partial charge on any atom is -0.468 e. The highest BCUT2D eigenvalue weighted by molar-refractivity contribution is 6.35.